The Balaban J connectivity index is 1.29. The van der Waals surface area contributed by atoms with Crippen LogP contribution >= 0.6 is 11.6 Å². The lowest BCUT2D eigenvalue weighted by atomic mass is 9.82. The van der Waals surface area contributed by atoms with Gasteiger partial charge in [-0.3, -0.25) is 19.9 Å². The van der Waals surface area contributed by atoms with Gasteiger partial charge in [-0.1, -0.05) is 30.9 Å². The number of carbonyl (C=O) groups excluding carboxylic acids is 3. The van der Waals surface area contributed by atoms with E-state index in [0.717, 1.165) is 36.5 Å². The number of hydrogen-bond acceptors (Lipinski definition) is 6. The van der Waals surface area contributed by atoms with Crippen molar-refractivity contribution in [3.63, 3.8) is 0 Å². The Bertz CT molecular complexity index is 945. The average molecular weight is 489 g/mol. The SMILES string of the molecule is O=C(CN1CCN(c2ncc(C(F)(F)F)cc2Cl)CC1)NN1C(=O)NC2(CCCCC2)C1=O. The van der Waals surface area contributed by atoms with Gasteiger partial charge in [-0.25, -0.2) is 9.78 Å². The van der Waals surface area contributed by atoms with Gasteiger partial charge in [0, 0.05) is 32.4 Å². The second-order valence-electron chi connectivity index (χ2n) is 8.54. The topological polar surface area (TPSA) is 97.9 Å². The second kappa shape index (κ2) is 8.98. The van der Waals surface area contributed by atoms with Crippen LogP contribution in [0.15, 0.2) is 12.3 Å². The van der Waals surface area contributed by atoms with Gasteiger partial charge >= 0.3 is 12.2 Å². The van der Waals surface area contributed by atoms with Crippen LogP contribution in [-0.4, -0.2) is 71.0 Å². The molecule has 2 saturated heterocycles. The standard InChI is InChI=1S/C20H24ClF3N6O3/c21-14-10-13(20(22,23)24)11-25-16(14)29-8-6-28(7-9-29)12-15(31)27-30-17(32)19(26-18(30)33)4-2-1-3-5-19/h10-11H,1-9,12H2,(H,26,33)(H,27,31). The van der Waals surface area contributed by atoms with E-state index in [-0.39, 0.29) is 17.4 Å². The van der Waals surface area contributed by atoms with Gasteiger partial charge in [0.05, 0.1) is 17.1 Å². The number of alkyl halides is 3. The minimum atomic E-state index is -4.52. The highest BCUT2D eigenvalue weighted by Gasteiger charge is 2.52. The summed E-state index contributed by atoms with van der Waals surface area (Å²) in [6, 6.07) is 0.226. The molecule has 2 N–H and O–H groups in total. The quantitative estimate of drug-likeness (QED) is 0.630. The first-order chi connectivity index (χ1) is 15.6. The third kappa shape index (κ3) is 4.86. The summed E-state index contributed by atoms with van der Waals surface area (Å²) >= 11 is 6.02. The number of hydrazine groups is 1. The van der Waals surface area contributed by atoms with E-state index in [0.29, 0.717) is 39.0 Å². The molecule has 0 aromatic carbocycles. The van der Waals surface area contributed by atoms with Gasteiger partial charge in [0.2, 0.25) is 0 Å². The Kier molecular flexibility index (Phi) is 6.41. The van der Waals surface area contributed by atoms with E-state index in [1.54, 1.807) is 4.90 Å². The van der Waals surface area contributed by atoms with Crippen LogP contribution in [0, 0.1) is 0 Å². The number of halogens is 4. The van der Waals surface area contributed by atoms with E-state index < -0.39 is 35.1 Å². The minimum Gasteiger partial charge on any atom is -0.353 e. The zero-order valence-corrected chi connectivity index (χ0v) is 18.5. The Labute approximate surface area is 193 Å². The van der Waals surface area contributed by atoms with Crippen molar-refractivity contribution in [1.29, 1.82) is 0 Å². The fraction of sp³-hybridized carbons (Fsp3) is 0.600. The van der Waals surface area contributed by atoms with E-state index >= 15 is 0 Å². The number of nitrogens with zero attached hydrogens (tertiary/aromatic N) is 4. The summed E-state index contributed by atoms with van der Waals surface area (Å²) in [6.45, 7) is 1.62. The Morgan fingerprint density at radius 1 is 1.15 bits per heavy atom. The Hall–Kier alpha value is -2.60. The van der Waals surface area contributed by atoms with Crippen LogP contribution in [0.25, 0.3) is 0 Å². The number of piperazine rings is 1. The molecule has 1 aliphatic carbocycles. The highest BCUT2D eigenvalue weighted by molar-refractivity contribution is 6.33. The van der Waals surface area contributed by atoms with Crippen LogP contribution in [0.4, 0.5) is 23.8 Å². The third-order valence-corrected chi connectivity index (χ3v) is 6.57. The molecule has 0 unspecified atom stereocenters. The molecular weight excluding hydrogens is 465 g/mol. The molecule has 4 rings (SSSR count). The zero-order chi connectivity index (χ0) is 23.8. The van der Waals surface area contributed by atoms with Crippen LogP contribution in [0.3, 0.4) is 0 Å². The van der Waals surface area contributed by atoms with Crippen molar-refractivity contribution in [3.8, 4) is 0 Å². The first kappa shape index (κ1) is 23.6. The normalized spacial score (nSPS) is 21.5. The van der Waals surface area contributed by atoms with Crippen molar-refractivity contribution >= 4 is 35.3 Å². The number of hydrogen-bond donors (Lipinski definition) is 2. The van der Waals surface area contributed by atoms with Crippen molar-refractivity contribution in [2.75, 3.05) is 37.6 Å². The summed E-state index contributed by atoms with van der Waals surface area (Å²) in [6.07, 6.45) is 0.0465. The monoisotopic (exact) mass is 488 g/mol. The molecule has 9 nitrogen and oxygen atoms in total. The highest BCUT2D eigenvalue weighted by Crippen LogP contribution is 2.34. The lowest BCUT2D eigenvalue weighted by molar-refractivity contribution is -0.140. The Morgan fingerprint density at radius 3 is 2.42 bits per heavy atom. The van der Waals surface area contributed by atoms with Gasteiger partial charge in [-0.2, -0.15) is 18.2 Å². The van der Waals surface area contributed by atoms with Crippen LogP contribution in [0.2, 0.25) is 5.02 Å². The van der Waals surface area contributed by atoms with Crippen LogP contribution in [-0.2, 0) is 15.8 Å². The maximum atomic E-state index is 12.8. The van der Waals surface area contributed by atoms with Gasteiger partial charge in [0.1, 0.15) is 11.4 Å². The lowest BCUT2D eigenvalue weighted by Gasteiger charge is -2.35. The highest BCUT2D eigenvalue weighted by atomic mass is 35.5. The molecular formula is C20H24ClF3N6O3. The molecule has 1 aromatic heterocycles. The predicted molar refractivity (Wildman–Crippen MR) is 112 cm³/mol. The maximum Gasteiger partial charge on any atom is 0.417 e. The van der Waals surface area contributed by atoms with E-state index in [2.05, 4.69) is 15.7 Å². The largest absolute Gasteiger partial charge is 0.417 e. The van der Waals surface area contributed by atoms with Gasteiger partial charge in [-0.05, 0) is 18.9 Å². The van der Waals surface area contributed by atoms with Crippen LogP contribution in [0.5, 0.6) is 0 Å². The number of aromatic nitrogens is 1. The molecule has 0 bridgehead atoms. The smallest absolute Gasteiger partial charge is 0.353 e. The summed E-state index contributed by atoms with van der Waals surface area (Å²) in [5.41, 5.74) is 0.578. The summed E-state index contributed by atoms with van der Waals surface area (Å²) < 4.78 is 38.4. The number of nitrogens with one attached hydrogen (secondary N) is 2. The number of carbonyl (C=O) groups is 3. The lowest BCUT2D eigenvalue weighted by Crippen LogP contribution is -2.54. The number of pyridine rings is 1. The van der Waals surface area contributed by atoms with Gasteiger partial charge in [0.25, 0.3) is 11.8 Å². The molecule has 33 heavy (non-hydrogen) atoms. The van der Waals surface area contributed by atoms with Crippen LogP contribution in [0.1, 0.15) is 37.7 Å². The molecule has 3 heterocycles. The van der Waals surface area contributed by atoms with Crippen molar-refractivity contribution in [2.24, 2.45) is 0 Å². The average Bonchev–Trinajstić information content (AvgIpc) is 2.98. The second-order valence-corrected chi connectivity index (χ2v) is 8.95. The number of amides is 4. The molecule has 3 aliphatic rings. The van der Waals surface area contributed by atoms with E-state index in [9.17, 15) is 27.6 Å². The van der Waals surface area contributed by atoms with Crippen molar-refractivity contribution in [2.45, 2.75) is 43.8 Å². The fourth-order valence-electron chi connectivity index (χ4n) is 4.52. The molecule has 0 radical (unpaired) electrons. The number of rotatable bonds is 4. The van der Waals surface area contributed by atoms with Gasteiger partial charge < -0.3 is 10.2 Å². The van der Waals surface area contributed by atoms with Crippen LogP contribution < -0.4 is 15.6 Å². The first-order valence-corrected chi connectivity index (χ1v) is 11.1. The summed E-state index contributed by atoms with van der Waals surface area (Å²) in [7, 11) is 0. The fourth-order valence-corrected chi connectivity index (χ4v) is 4.80. The molecule has 180 valence electrons. The zero-order valence-electron chi connectivity index (χ0n) is 17.8. The van der Waals surface area contributed by atoms with E-state index in [1.165, 1.54) is 0 Å². The number of urea groups is 1. The summed E-state index contributed by atoms with van der Waals surface area (Å²) in [5.74, 6) is -0.662. The minimum absolute atomic E-state index is 0.0356. The number of imide groups is 1. The summed E-state index contributed by atoms with van der Waals surface area (Å²) in [4.78, 5) is 45.0. The van der Waals surface area contributed by atoms with Crippen molar-refractivity contribution in [3.05, 3.63) is 22.8 Å². The van der Waals surface area contributed by atoms with E-state index in [1.807, 2.05) is 4.90 Å². The molecule has 13 heteroatoms. The van der Waals surface area contributed by atoms with Gasteiger partial charge in [0.15, 0.2) is 0 Å². The molecule has 0 atom stereocenters. The third-order valence-electron chi connectivity index (χ3n) is 6.29. The van der Waals surface area contributed by atoms with Crippen molar-refractivity contribution in [1.82, 2.24) is 25.6 Å². The molecule has 4 amide bonds. The molecule has 1 aromatic rings. The molecule has 1 saturated carbocycles. The van der Waals surface area contributed by atoms with Gasteiger partial charge in [-0.15, -0.1) is 0 Å². The number of anilines is 1. The molecule has 1 spiro atoms. The Morgan fingerprint density at radius 2 is 1.82 bits per heavy atom. The maximum absolute atomic E-state index is 12.8. The predicted octanol–water partition coefficient (Wildman–Crippen LogP) is 2.16. The molecule has 3 fully saturated rings. The van der Waals surface area contributed by atoms with E-state index in [4.69, 9.17) is 11.6 Å². The molecule has 2 aliphatic heterocycles. The van der Waals surface area contributed by atoms with Crippen molar-refractivity contribution < 1.29 is 27.6 Å². The summed E-state index contributed by atoms with van der Waals surface area (Å²) in [5, 5.41) is 3.42. The first-order valence-electron chi connectivity index (χ1n) is 10.8.